The highest BCUT2D eigenvalue weighted by Crippen LogP contribution is 1.97. The van der Waals surface area contributed by atoms with E-state index in [0.717, 1.165) is 17.5 Å². The molecule has 0 radical (unpaired) electrons. The Morgan fingerprint density at radius 3 is 2.24 bits per heavy atom. The Morgan fingerprint density at radius 1 is 1.00 bits per heavy atom. The van der Waals surface area contributed by atoms with Crippen LogP contribution in [0.5, 0.6) is 0 Å². The maximum Gasteiger partial charge on any atom is 0.205 e. The van der Waals surface area contributed by atoms with Crippen LogP contribution in [0.25, 0.3) is 0 Å². The van der Waals surface area contributed by atoms with Gasteiger partial charge in [-0.1, -0.05) is 31.0 Å². The molecule has 0 spiro atoms. The molecule has 0 aliphatic rings. The van der Waals surface area contributed by atoms with E-state index in [1.165, 1.54) is 0 Å². The number of benzene rings is 1. The van der Waals surface area contributed by atoms with E-state index in [9.17, 15) is 0 Å². The molecule has 0 aliphatic carbocycles. The second-order valence-electron chi connectivity index (χ2n) is 3.38. The summed E-state index contributed by atoms with van der Waals surface area (Å²) >= 11 is 0. The van der Waals surface area contributed by atoms with E-state index >= 15 is 0 Å². The molecule has 86 valence electrons. The average molecular weight is 245 g/mol. The van der Waals surface area contributed by atoms with E-state index in [2.05, 4.69) is 28.7 Å². The van der Waals surface area contributed by atoms with Gasteiger partial charge < -0.3 is 0 Å². The van der Waals surface area contributed by atoms with Gasteiger partial charge in [-0.3, -0.25) is 0 Å². The maximum absolute atomic E-state index is 4.18. The lowest BCUT2D eigenvalue weighted by Crippen LogP contribution is -1.90. The highest BCUT2D eigenvalue weighted by molar-refractivity contribution is 5.85. The van der Waals surface area contributed by atoms with Crippen molar-refractivity contribution >= 4 is 12.4 Å². The van der Waals surface area contributed by atoms with Crippen molar-refractivity contribution in [3.8, 4) is 11.8 Å². The van der Waals surface area contributed by atoms with Gasteiger partial charge in [-0.2, -0.15) is 0 Å². The average Bonchev–Trinajstić information content (AvgIpc) is 2.38. The summed E-state index contributed by atoms with van der Waals surface area (Å²) in [6, 6.07) is 9.83. The lowest BCUT2D eigenvalue weighted by atomic mass is 10.2. The van der Waals surface area contributed by atoms with Gasteiger partial charge >= 0.3 is 0 Å². The third kappa shape index (κ3) is 3.90. The summed E-state index contributed by atoms with van der Waals surface area (Å²) in [4.78, 5) is 8.36. The van der Waals surface area contributed by atoms with Crippen LogP contribution in [0.3, 0.4) is 0 Å². The summed E-state index contributed by atoms with van der Waals surface area (Å²) in [6.07, 6.45) is 4.59. The molecule has 1 aromatic carbocycles. The Labute approximate surface area is 108 Å². The number of aryl methyl sites for hydroxylation is 1. The van der Waals surface area contributed by atoms with Crippen molar-refractivity contribution < 1.29 is 0 Å². The zero-order valence-corrected chi connectivity index (χ0v) is 10.4. The van der Waals surface area contributed by atoms with Crippen molar-refractivity contribution in [3.63, 3.8) is 0 Å². The molecule has 2 rings (SSSR count). The minimum atomic E-state index is 0. The fourth-order valence-corrected chi connectivity index (χ4v) is 1.25. The van der Waals surface area contributed by atoms with Crippen LogP contribution >= 0.6 is 12.4 Å². The molecule has 2 aromatic rings. The molecule has 1 aromatic heterocycles. The van der Waals surface area contributed by atoms with Crippen molar-refractivity contribution in [2.75, 3.05) is 0 Å². The molecule has 0 N–H and O–H groups in total. The number of aromatic nitrogens is 2. The maximum atomic E-state index is 4.18. The molecular weight excluding hydrogens is 232 g/mol. The second kappa shape index (κ2) is 6.67. The van der Waals surface area contributed by atoms with Gasteiger partial charge in [-0.15, -0.1) is 12.4 Å². The van der Waals surface area contributed by atoms with E-state index in [4.69, 9.17) is 0 Å². The number of nitrogens with zero attached hydrogens (tertiary/aromatic N) is 2. The van der Waals surface area contributed by atoms with Crippen molar-refractivity contribution in [3.05, 3.63) is 59.7 Å². The topological polar surface area (TPSA) is 25.8 Å². The normalized spacial score (nSPS) is 8.76. The van der Waals surface area contributed by atoms with Crippen LogP contribution < -0.4 is 0 Å². The third-order valence-corrected chi connectivity index (χ3v) is 2.21. The lowest BCUT2D eigenvalue weighted by molar-refractivity contribution is 1.03. The van der Waals surface area contributed by atoms with Crippen LogP contribution in [0.4, 0.5) is 0 Å². The first-order valence-corrected chi connectivity index (χ1v) is 5.26. The molecule has 0 fully saturated rings. The summed E-state index contributed by atoms with van der Waals surface area (Å²) < 4.78 is 0. The number of hydrogen-bond acceptors (Lipinski definition) is 2. The van der Waals surface area contributed by atoms with Crippen molar-refractivity contribution in [2.24, 2.45) is 0 Å². The minimum Gasteiger partial charge on any atom is -0.229 e. The van der Waals surface area contributed by atoms with Crippen molar-refractivity contribution in [2.45, 2.75) is 13.3 Å². The van der Waals surface area contributed by atoms with Crippen LogP contribution in [0.2, 0.25) is 0 Å². The minimum absolute atomic E-state index is 0. The van der Waals surface area contributed by atoms with Crippen LogP contribution in [0.15, 0.2) is 42.7 Å². The molecule has 0 bridgehead atoms. The molecule has 0 aliphatic heterocycles. The molecular formula is C14H13ClN2. The molecule has 17 heavy (non-hydrogen) atoms. The fourth-order valence-electron chi connectivity index (χ4n) is 1.25. The first kappa shape index (κ1) is 13.2. The molecule has 0 unspecified atom stereocenters. The van der Waals surface area contributed by atoms with Crippen LogP contribution in [-0.2, 0) is 6.42 Å². The van der Waals surface area contributed by atoms with Gasteiger partial charge in [0.1, 0.15) is 0 Å². The van der Waals surface area contributed by atoms with E-state index in [1.54, 1.807) is 0 Å². The zero-order chi connectivity index (χ0) is 11.2. The fraction of sp³-hybridized carbons (Fsp3) is 0.143. The predicted molar refractivity (Wildman–Crippen MR) is 71.1 cm³/mol. The van der Waals surface area contributed by atoms with Gasteiger partial charge in [-0.05, 0) is 30.0 Å². The van der Waals surface area contributed by atoms with Gasteiger partial charge in [0.25, 0.3) is 0 Å². The van der Waals surface area contributed by atoms with Crippen LogP contribution in [0.1, 0.15) is 23.9 Å². The highest BCUT2D eigenvalue weighted by Gasteiger charge is 1.91. The number of rotatable bonds is 1. The summed E-state index contributed by atoms with van der Waals surface area (Å²) in [7, 11) is 0. The monoisotopic (exact) mass is 244 g/mol. The lowest BCUT2D eigenvalue weighted by Gasteiger charge is -1.93. The van der Waals surface area contributed by atoms with E-state index < -0.39 is 0 Å². The highest BCUT2D eigenvalue weighted by atomic mass is 35.5. The Hall–Kier alpha value is -1.85. The van der Waals surface area contributed by atoms with Crippen LogP contribution in [0, 0.1) is 11.8 Å². The van der Waals surface area contributed by atoms with Gasteiger partial charge in [0, 0.05) is 18.0 Å². The Kier molecular flexibility index (Phi) is 5.19. The molecule has 0 saturated heterocycles. The Balaban J connectivity index is 0.00000144. The standard InChI is InChI=1S/C14H12N2.ClH/c1-2-12-10-15-14(16-11-12)9-8-13-6-4-3-5-7-13;/h3-7,10-11H,2H2,1H3;1H. The largest absolute Gasteiger partial charge is 0.229 e. The summed E-state index contributed by atoms with van der Waals surface area (Å²) in [5, 5.41) is 0. The van der Waals surface area contributed by atoms with Gasteiger partial charge in [-0.25, -0.2) is 9.97 Å². The summed E-state index contributed by atoms with van der Waals surface area (Å²) in [5.74, 6) is 6.53. The quantitative estimate of drug-likeness (QED) is 0.721. The molecule has 0 saturated carbocycles. The molecule has 2 nitrogen and oxygen atoms in total. The van der Waals surface area contributed by atoms with Crippen molar-refractivity contribution in [1.82, 2.24) is 9.97 Å². The first-order valence-electron chi connectivity index (χ1n) is 5.26. The zero-order valence-electron chi connectivity index (χ0n) is 9.55. The smallest absolute Gasteiger partial charge is 0.205 e. The summed E-state index contributed by atoms with van der Waals surface area (Å²) in [5.41, 5.74) is 2.11. The third-order valence-electron chi connectivity index (χ3n) is 2.21. The van der Waals surface area contributed by atoms with Crippen molar-refractivity contribution in [1.29, 1.82) is 0 Å². The molecule has 0 atom stereocenters. The number of hydrogen-bond donors (Lipinski definition) is 0. The molecule has 3 heteroatoms. The van der Waals surface area contributed by atoms with Gasteiger partial charge in [0.05, 0.1) is 0 Å². The van der Waals surface area contributed by atoms with Crippen LogP contribution in [-0.4, -0.2) is 9.97 Å². The van der Waals surface area contributed by atoms with E-state index in [0.29, 0.717) is 5.82 Å². The first-order chi connectivity index (χ1) is 7.88. The molecule has 1 heterocycles. The molecule has 0 amide bonds. The Morgan fingerprint density at radius 2 is 1.65 bits per heavy atom. The van der Waals surface area contributed by atoms with E-state index in [-0.39, 0.29) is 12.4 Å². The number of halogens is 1. The Bertz CT molecular complexity index is 509. The predicted octanol–water partition coefficient (Wildman–Crippen LogP) is 2.86. The van der Waals surface area contributed by atoms with E-state index in [1.807, 2.05) is 42.7 Å². The summed E-state index contributed by atoms with van der Waals surface area (Å²) in [6.45, 7) is 2.08. The van der Waals surface area contributed by atoms with Gasteiger partial charge in [0.2, 0.25) is 5.82 Å². The van der Waals surface area contributed by atoms with Gasteiger partial charge in [0.15, 0.2) is 0 Å². The second-order valence-corrected chi connectivity index (χ2v) is 3.38. The SMILES string of the molecule is CCc1cnc(C#Cc2ccccc2)nc1.Cl.